The maximum Gasteiger partial charge on any atom is 0.288 e. The van der Waals surface area contributed by atoms with Gasteiger partial charge in [-0.1, -0.05) is 37.3 Å². The molecule has 0 saturated heterocycles. The van der Waals surface area contributed by atoms with Crippen molar-refractivity contribution in [2.75, 3.05) is 24.7 Å². The van der Waals surface area contributed by atoms with Crippen molar-refractivity contribution >= 4 is 19.8 Å². The summed E-state index contributed by atoms with van der Waals surface area (Å²) in [5.41, 5.74) is 2.15. The van der Waals surface area contributed by atoms with Gasteiger partial charge in [0.1, 0.15) is 6.61 Å². The number of hydrogen-bond acceptors (Lipinski definition) is 3. The summed E-state index contributed by atoms with van der Waals surface area (Å²) < 4.78 is 5.43. The van der Waals surface area contributed by atoms with Gasteiger partial charge in [0, 0.05) is 11.9 Å². The van der Waals surface area contributed by atoms with E-state index in [1.165, 1.54) is 5.56 Å². The van der Waals surface area contributed by atoms with Gasteiger partial charge in [-0.05, 0) is 19.1 Å². The van der Waals surface area contributed by atoms with Crippen LogP contribution in [0.4, 0.5) is 5.69 Å². The van der Waals surface area contributed by atoms with Crippen LogP contribution in [0.2, 0.25) is 19.6 Å². The highest BCUT2D eigenvalue weighted by atomic mass is 28.3. The van der Waals surface area contributed by atoms with Gasteiger partial charge >= 0.3 is 0 Å². The minimum atomic E-state index is -1.26. The lowest BCUT2D eigenvalue weighted by molar-refractivity contribution is 0.193. The molecule has 0 aliphatic heterocycles. The third kappa shape index (κ3) is 6.98. The summed E-state index contributed by atoms with van der Waals surface area (Å²) in [5.74, 6) is 0. The molecule has 0 unspecified atom stereocenters. The first-order chi connectivity index (χ1) is 8.90. The lowest BCUT2D eigenvalue weighted by Crippen LogP contribution is -2.28. The van der Waals surface area contributed by atoms with E-state index < -0.39 is 8.07 Å². The Morgan fingerprint density at radius 3 is 2.42 bits per heavy atom. The molecule has 106 valence electrons. The number of nitrogens with one attached hydrogen (secondary N) is 1. The topological polar surface area (TPSA) is 53.9 Å². The Kier molecular flexibility index (Phi) is 6.04. The van der Waals surface area contributed by atoms with E-state index in [0.29, 0.717) is 6.02 Å². The van der Waals surface area contributed by atoms with Crippen molar-refractivity contribution < 1.29 is 9.84 Å². The Hall–Kier alpha value is -1.33. The standard InChI is InChI=1S/C14H24N2O2Si/c1-12-5-7-13(8-6-12)16-14(18-10-9-17)15-11-19(2,3)4/h5-8,17H,9-11H2,1-4H3,(H,15,16). The molecule has 4 nitrogen and oxygen atoms in total. The minimum absolute atomic E-state index is 0.0124. The number of amidine groups is 1. The summed E-state index contributed by atoms with van der Waals surface area (Å²) >= 11 is 0. The number of aryl methyl sites for hydroxylation is 1. The lowest BCUT2D eigenvalue weighted by Gasteiger charge is -2.15. The Morgan fingerprint density at radius 1 is 1.26 bits per heavy atom. The Balaban J connectivity index is 2.70. The van der Waals surface area contributed by atoms with Crippen LogP contribution in [0.5, 0.6) is 0 Å². The van der Waals surface area contributed by atoms with E-state index in [-0.39, 0.29) is 13.2 Å². The normalized spacial score (nSPS) is 12.4. The molecule has 0 aliphatic rings. The average Bonchev–Trinajstić information content (AvgIpc) is 2.34. The van der Waals surface area contributed by atoms with Gasteiger partial charge in [-0.15, -0.1) is 0 Å². The fourth-order valence-corrected chi connectivity index (χ4v) is 1.95. The highest BCUT2D eigenvalue weighted by Crippen LogP contribution is 2.09. The third-order valence-corrected chi connectivity index (χ3v) is 3.44. The van der Waals surface area contributed by atoms with Crippen LogP contribution >= 0.6 is 0 Å². The predicted molar refractivity (Wildman–Crippen MR) is 83.5 cm³/mol. The quantitative estimate of drug-likeness (QED) is 0.495. The van der Waals surface area contributed by atoms with Crippen LogP contribution in [0.15, 0.2) is 29.3 Å². The summed E-state index contributed by atoms with van der Waals surface area (Å²) in [4.78, 5) is 4.48. The average molecular weight is 280 g/mol. The molecule has 2 N–H and O–H groups in total. The molecule has 0 saturated carbocycles. The van der Waals surface area contributed by atoms with Crippen LogP contribution in [0.25, 0.3) is 0 Å². The van der Waals surface area contributed by atoms with E-state index in [1.54, 1.807) is 0 Å². The van der Waals surface area contributed by atoms with E-state index in [4.69, 9.17) is 9.84 Å². The molecule has 1 aromatic carbocycles. The summed E-state index contributed by atoms with van der Waals surface area (Å²) in [5, 5.41) is 12.0. The monoisotopic (exact) mass is 280 g/mol. The number of anilines is 1. The molecule has 1 aromatic rings. The first-order valence-corrected chi connectivity index (χ1v) is 10.2. The van der Waals surface area contributed by atoms with Crippen molar-refractivity contribution in [1.82, 2.24) is 0 Å². The van der Waals surface area contributed by atoms with Gasteiger partial charge in [0.25, 0.3) is 6.02 Å². The molecule has 0 fully saturated rings. The first kappa shape index (κ1) is 15.7. The van der Waals surface area contributed by atoms with E-state index >= 15 is 0 Å². The minimum Gasteiger partial charge on any atom is -0.463 e. The number of benzene rings is 1. The number of hydrogen-bond donors (Lipinski definition) is 2. The van der Waals surface area contributed by atoms with Crippen molar-refractivity contribution in [3.8, 4) is 0 Å². The van der Waals surface area contributed by atoms with Gasteiger partial charge in [0.15, 0.2) is 0 Å². The van der Waals surface area contributed by atoms with E-state index in [9.17, 15) is 0 Å². The Bertz CT molecular complexity index is 410. The van der Waals surface area contributed by atoms with Crippen molar-refractivity contribution in [3.05, 3.63) is 29.8 Å². The number of aliphatic hydroxyl groups is 1. The van der Waals surface area contributed by atoms with E-state index in [0.717, 1.165) is 11.9 Å². The number of aliphatic hydroxyl groups excluding tert-OH is 1. The SMILES string of the molecule is Cc1ccc(N/C(=N/C[Si](C)(C)C)OCCO)cc1. The predicted octanol–water partition coefficient (Wildman–Crippen LogP) is 2.65. The highest BCUT2D eigenvalue weighted by molar-refractivity contribution is 6.76. The molecule has 0 heterocycles. The van der Waals surface area contributed by atoms with Gasteiger partial charge < -0.3 is 15.2 Å². The van der Waals surface area contributed by atoms with Gasteiger partial charge in [-0.3, -0.25) is 0 Å². The first-order valence-electron chi connectivity index (χ1n) is 6.52. The lowest BCUT2D eigenvalue weighted by atomic mass is 10.2. The Labute approximate surface area is 116 Å². The molecule has 0 amide bonds. The third-order valence-electron chi connectivity index (χ3n) is 2.33. The molecular formula is C14H24N2O2Si. The van der Waals surface area contributed by atoms with Crippen molar-refractivity contribution in [2.45, 2.75) is 26.6 Å². The molecule has 0 aliphatic carbocycles. The van der Waals surface area contributed by atoms with Crippen molar-refractivity contribution in [3.63, 3.8) is 0 Å². The van der Waals surface area contributed by atoms with Gasteiger partial charge in [-0.2, -0.15) is 0 Å². The zero-order valence-electron chi connectivity index (χ0n) is 12.2. The Morgan fingerprint density at radius 2 is 1.89 bits per heavy atom. The van der Waals surface area contributed by atoms with Gasteiger partial charge in [0.05, 0.1) is 14.7 Å². The van der Waals surface area contributed by atoms with Crippen LogP contribution in [-0.2, 0) is 4.74 Å². The number of aliphatic imine (C=N–C) groups is 1. The van der Waals surface area contributed by atoms with Crippen LogP contribution in [0.3, 0.4) is 0 Å². The van der Waals surface area contributed by atoms with Crippen molar-refractivity contribution in [2.24, 2.45) is 4.99 Å². The van der Waals surface area contributed by atoms with Crippen LogP contribution in [0, 0.1) is 6.92 Å². The number of nitrogens with zero attached hydrogens (tertiary/aromatic N) is 1. The fourth-order valence-electron chi connectivity index (χ4n) is 1.33. The van der Waals surface area contributed by atoms with Crippen LogP contribution in [-0.4, -0.2) is 38.6 Å². The second-order valence-corrected chi connectivity index (χ2v) is 11.2. The molecule has 5 heteroatoms. The van der Waals surface area contributed by atoms with Crippen LogP contribution in [0.1, 0.15) is 5.56 Å². The molecule has 0 atom stereocenters. The largest absolute Gasteiger partial charge is 0.463 e. The van der Waals surface area contributed by atoms with E-state index in [2.05, 4.69) is 30.0 Å². The van der Waals surface area contributed by atoms with Crippen LogP contribution < -0.4 is 5.32 Å². The second kappa shape index (κ2) is 7.30. The van der Waals surface area contributed by atoms with Gasteiger partial charge in [-0.25, -0.2) is 4.99 Å². The molecule has 0 spiro atoms. The molecule has 0 radical (unpaired) electrons. The maximum atomic E-state index is 8.85. The molecular weight excluding hydrogens is 256 g/mol. The number of ether oxygens (including phenoxy) is 1. The fraction of sp³-hybridized carbons (Fsp3) is 0.500. The zero-order chi connectivity index (χ0) is 14.3. The molecule has 1 rings (SSSR count). The molecule has 19 heavy (non-hydrogen) atoms. The van der Waals surface area contributed by atoms with Crippen molar-refractivity contribution in [1.29, 1.82) is 0 Å². The summed E-state index contributed by atoms with van der Waals surface area (Å²) in [7, 11) is -1.26. The van der Waals surface area contributed by atoms with E-state index in [1.807, 2.05) is 31.2 Å². The molecule has 0 aromatic heterocycles. The smallest absolute Gasteiger partial charge is 0.288 e. The second-order valence-electron chi connectivity index (χ2n) is 5.75. The summed E-state index contributed by atoms with van der Waals surface area (Å²) in [6.45, 7) is 9.06. The maximum absolute atomic E-state index is 8.85. The summed E-state index contributed by atoms with van der Waals surface area (Å²) in [6.07, 6.45) is 0.798. The zero-order valence-corrected chi connectivity index (χ0v) is 13.2. The summed E-state index contributed by atoms with van der Waals surface area (Å²) in [6, 6.07) is 8.53. The highest BCUT2D eigenvalue weighted by Gasteiger charge is 2.13. The number of rotatable bonds is 5. The van der Waals surface area contributed by atoms with Gasteiger partial charge in [0.2, 0.25) is 0 Å². The molecule has 0 bridgehead atoms.